The highest BCUT2D eigenvalue weighted by Gasteiger charge is 2.21. The van der Waals surface area contributed by atoms with Gasteiger partial charge in [0.1, 0.15) is 0 Å². The lowest BCUT2D eigenvalue weighted by Crippen LogP contribution is -2.44. The van der Waals surface area contributed by atoms with Crippen molar-refractivity contribution in [2.24, 2.45) is 11.7 Å². The minimum Gasteiger partial charge on any atom is -0.338 e. The molecule has 0 saturated heterocycles. The van der Waals surface area contributed by atoms with Crippen molar-refractivity contribution in [3.63, 3.8) is 0 Å². The molecule has 6 heteroatoms. The summed E-state index contributed by atoms with van der Waals surface area (Å²) in [5.74, 6) is -0.0241. The maximum absolute atomic E-state index is 11.9. The summed E-state index contributed by atoms with van der Waals surface area (Å²) in [5, 5.41) is 0.310. The summed E-state index contributed by atoms with van der Waals surface area (Å²) in [5.41, 5.74) is 6.36. The smallest absolute Gasteiger partial charge is 0.239 e. The van der Waals surface area contributed by atoms with Crippen LogP contribution in [0.1, 0.15) is 19.5 Å². The molecule has 0 aliphatic rings. The van der Waals surface area contributed by atoms with Gasteiger partial charge in [0, 0.05) is 19.4 Å². The van der Waals surface area contributed by atoms with E-state index < -0.39 is 6.04 Å². The fourth-order valence-electron chi connectivity index (χ4n) is 1.30. The number of nitrogens with zero attached hydrogens (tertiary/aromatic N) is 3. The van der Waals surface area contributed by atoms with Crippen LogP contribution in [-0.4, -0.2) is 33.9 Å². The molecule has 0 aromatic carbocycles. The second kappa shape index (κ2) is 5.93. The van der Waals surface area contributed by atoms with Crippen molar-refractivity contribution in [2.45, 2.75) is 26.4 Å². The first-order chi connectivity index (χ1) is 7.93. The van der Waals surface area contributed by atoms with Gasteiger partial charge >= 0.3 is 0 Å². The Morgan fingerprint density at radius 3 is 2.59 bits per heavy atom. The SMILES string of the molecule is CC(C)[C@H](N)C(=O)N(C)Cc1nccnc1Cl. The minimum atomic E-state index is -0.504. The number of carbonyl (C=O) groups is 1. The molecule has 0 unspecified atom stereocenters. The molecule has 1 heterocycles. The molecule has 17 heavy (non-hydrogen) atoms. The normalized spacial score (nSPS) is 12.6. The zero-order chi connectivity index (χ0) is 13.0. The van der Waals surface area contributed by atoms with Gasteiger partial charge in [-0.15, -0.1) is 0 Å². The van der Waals surface area contributed by atoms with E-state index in [0.29, 0.717) is 17.4 Å². The van der Waals surface area contributed by atoms with Gasteiger partial charge in [-0.05, 0) is 5.92 Å². The Morgan fingerprint density at radius 2 is 2.06 bits per heavy atom. The molecule has 0 aliphatic heterocycles. The summed E-state index contributed by atoms with van der Waals surface area (Å²) in [6.45, 7) is 4.13. The van der Waals surface area contributed by atoms with Crippen LogP contribution >= 0.6 is 11.6 Å². The summed E-state index contributed by atoms with van der Waals surface area (Å²) in [6, 6.07) is -0.504. The topological polar surface area (TPSA) is 72.1 Å². The standard InChI is InChI=1S/C11H17ClN4O/c1-7(2)9(13)11(17)16(3)6-8-10(12)15-5-4-14-8/h4-5,7,9H,6,13H2,1-3H3/t9-/m0/s1. The number of hydrogen-bond donors (Lipinski definition) is 1. The number of nitrogens with two attached hydrogens (primary N) is 1. The van der Waals surface area contributed by atoms with Crippen LogP contribution in [0, 0.1) is 5.92 Å². The quantitative estimate of drug-likeness (QED) is 0.875. The van der Waals surface area contributed by atoms with Crippen molar-refractivity contribution in [3.05, 3.63) is 23.2 Å². The maximum atomic E-state index is 11.9. The van der Waals surface area contributed by atoms with E-state index in [1.54, 1.807) is 13.2 Å². The van der Waals surface area contributed by atoms with E-state index in [9.17, 15) is 4.79 Å². The number of hydrogen-bond acceptors (Lipinski definition) is 4. The third-order valence-corrected chi connectivity index (χ3v) is 2.81. The number of aromatic nitrogens is 2. The predicted octanol–water partition coefficient (Wildman–Crippen LogP) is 1.07. The molecule has 0 bridgehead atoms. The Bertz CT molecular complexity index is 397. The molecular weight excluding hydrogens is 240 g/mol. The third kappa shape index (κ3) is 3.64. The average Bonchev–Trinajstić information content (AvgIpc) is 2.30. The molecule has 1 atom stereocenters. The van der Waals surface area contributed by atoms with E-state index >= 15 is 0 Å². The van der Waals surface area contributed by atoms with E-state index in [0.717, 1.165) is 0 Å². The Kier molecular flexibility index (Phi) is 4.84. The second-order valence-corrected chi connectivity index (χ2v) is 4.62. The number of halogens is 1. The Morgan fingerprint density at radius 1 is 1.47 bits per heavy atom. The molecule has 94 valence electrons. The van der Waals surface area contributed by atoms with Gasteiger partial charge in [0.15, 0.2) is 5.15 Å². The molecule has 0 aliphatic carbocycles. The van der Waals surface area contributed by atoms with Crippen molar-refractivity contribution in [1.82, 2.24) is 14.9 Å². The third-order valence-electron chi connectivity index (χ3n) is 2.49. The van der Waals surface area contributed by atoms with E-state index in [1.165, 1.54) is 11.1 Å². The molecule has 5 nitrogen and oxygen atoms in total. The van der Waals surface area contributed by atoms with E-state index in [-0.39, 0.29) is 11.8 Å². The lowest BCUT2D eigenvalue weighted by Gasteiger charge is -2.23. The van der Waals surface area contributed by atoms with E-state index in [4.69, 9.17) is 17.3 Å². The molecular formula is C11H17ClN4O. The second-order valence-electron chi connectivity index (χ2n) is 4.26. The summed E-state index contributed by atoms with van der Waals surface area (Å²) < 4.78 is 0. The van der Waals surface area contributed by atoms with Crippen molar-refractivity contribution in [1.29, 1.82) is 0 Å². The monoisotopic (exact) mass is 256 g/mol. The van der Waals surface area contributed by atoms with Gasteiger partial charge in [-0.25, -0.2) is 4.98 Å². The van der Waals surface area contributed by atoms with Crippen LogP contribution in [0.2, 0.25) is 5.15 Å². The first kappa shape index (κ1) is 13.9. The molecule has 1 aromatic heterocycles. The number of likely N-dealkylation sites (N-methyl/N-ethyl adjacent to an activating group) is 1. The first-order valence-electron chi connectivity index (χ1n) is 5.39. The molecule has 1 aromatic rings. The lowest BCUT2D eigenvalue weighted by atomic mass is 10.0. The molecule has 0 spiro atoms. The van der Waals surface area contributed by atoms with Gasteiger partial charge < -0.3 is 10.6 Å². The predicted molar refractivity (Wildman–Crippen MR) is 66.3 cm³/mol. The molecule has 1 rings (SSSR count). The highest BCUT2D eigenvalue weighted by Crippen LogP contribution is 2.12. The van der Waals surface area contributed by atoms with Crippen molar-refractivity contribution < 1.29 is 4.79 Å². The highest BCUT2D eigenvalue weighted by atomic mass is 35.5. The Balaban J connectivity index is 2.70. The van der Waals surface area contributed by atoms with Crippen LogP contribution in [0.15, 0.2) is 12.4 Å². The Hall–Kier alpha value is -1.20. The fourth-order valence-corrected chi connectivity index (χ4v) is 1.46. The maximum Gasteiger partial charge on any atom is 0.239 e. The zero-order valence-electron chi connectivity index (χ0n) is 10.2. The van der Waals surface area contributed by atoms with Crippen molar-refractivity contribution in [3.8, 4) is 0 Å². The molecule has 1 amide bonds. The number of amides is 1. The van der Waals surface area contributed by atoms with Gasteiger partial charge in [-0.3, -0.25) is 9.78 Å². The van der Waals surface area contributed by atoms with Crippen LogP contribution in [-0.2, 0) is 11.3 Å². The van der Waals surface area contributed by atoms with E-state index in [1.807, 2.05) is 13.8 Å². The molecule has 0 radical (unpaired) electrons. The number of carbonyl (C=O) groups excluding carboxylic acids is 1. The summed E-state index contributed by atoms with van der Waals surface area (Å²) in [4.78, 5) is 21.4. The lowest BCUT2D eigenvalue weighted by molar-refractivity contribution is -0.132. The first-order valence-corrected chi connectivity index (χ1v) is 5.77. The van der Waals surface area contributed by atoms with Crippen LogP contribution in [0.25, 0.3) is 0 Å². The molecule has 0 saturated carbocycles. The van der Waals surface area contributed by atoms with Crippen molar-refractivity contribution >= 4 is 17.5 Å². The summed E-state index contributed by atoms with van der Waals surface area (Å²) >= 11 is 5.87. The van der Waals surface area contributed by atoms with Gasteiger partial charge in [0.05, 0.1) is 18.3 Å². The zero-order valence-corrected chi connectivity index (χ0v) is 11.0. The van der Waals surface area contributed by atoms with Crippen LogP contribution in [0.4, 0.5) is 0 Å². The van der Waals surface area contributed by atoms with Crippen LogP contribution < -0.4 is 5.73 Å². The van der Waals surface area contributed by atoms with Gasteiger partial charge in [0.25, 0.3) is 0 Å². The summed E-state index contributed by atoms with van der Waals surface area (Å²) in [7, 11) is 1.68. The van der Waals surface area contributed by atoms with Gasteiger partial charge in [0.2, 0.25) is 5.91 Å². The van der Waals surface area contributed by atoms with Crippen LogP contribution in [0.5, 0.6) is 0 Å². The van der Waals surface area contributed by atoms with Gasteiger partial charge in [-0.1, -0.05) is 25.4 Å². The van der Waals surface area contributed by atoms with Crippen LogP contribution in [0.3, 0.4) is 0 Å². The minimum absolute atomic E-state index is 0.0993. The largest absolute Gasteiger partial charge is 0.338 e. The number of rotatable bonds is 4. The molecule has 2 N–H and O–H groups in total. The highest BCUT2D eigenvalue weighted by molar-refractivity contribution is 6.29. The molecule has 0 fully saturated rings. The van der Waals surface area contributed by atoms with Gasteiger partial charge in [-0.2, -0.15) is 0 Å². The Labute approximate surface area is 106 Å². The average molecular weight is 257 g/mol. The summed E-state index contributed by atoms with van der Waals surface area (Å²) in [6.07, 6.45) is 3.05. The van der Waals surface area contributed by atoms with E-state index in [2.05, 4.69) is 9.97 Å². The van der Waals surface area contributed by atoms with Crippen molar-refractivity contribution in [2.75, 3.05) is 7.05 Å². The fraction of sp³-hybridized carbons (Fsp3) is 0.545.